The van der Waals surface area contributed by atoms with Crippen molar-refractivity contribution in [1.29, 1.82) is 0 Å². The zero-order valence-corrected chi connectivity index (χ0v) is 10.7. The summed E-state index contributed by atoms with van der Waals surface area (Å²) in [4.78, 5) is 1.81. The summed E-state index contributed by atoms with van der Waals surface area (Å²) < 4.78 is 0. The van der Waals surface area contributed by atoms with E-state index in [1.54, 1.807) is 11.0 Å². The highest BCUT2D eigenvalue weighted by Crippen LogP contribution is 2.19. The molecule has 0 radical (unpaired) electrons. The normalized spacial score (nSPS) is 12.9. The van der Waals surface area contributed by atoms with Gasteiger partial charge in [0.15, 0.2) is 0 Å². The molecule has 0 saturated heterocycles. The first-order valence-electron chi connectivity index (χ1n) is 6.06. The lowest BCUT2D eigenvalue weighted by atomic mass is 10.1. The first-order chi connectivity index (χ1) is 8.58. The Balaban J connectivity index is 2.67. The number of aryl methyl sites for hydroxylation is 1. The van der Waals surface area contributed by atoms with Crippen LogP contribution in [0, 0.1) is 6.92 Å². The fraction of sp³-hybridized carbons (Fsp3) is 0.538. The van der Waals surface area contributed by atoms with E-state index in [2.05, 4.69) is 0 Å². The van der Waals surface area contributed by atoms with Crippen LogP contribution in [0.1, 0.15) is 17.2 Å². The molecule has 0 saturated carbocycles. The predicted molar refractivity (Wildman–Crippen MR) is 71.2 cm³/mol. The molecule has 0 amide bonds. The summed E-state index contributed by atoms with van der Waals surface area (Å²) >= 11 is 0. The van der Waals surface area contributed by atoms with Crippen molar-refractivity contribution in [1.82, 2.24) is 4.90 Å². The van der Waals surface area contributed by atoms with Crippen LogP contribution in [0.4, 0.5) is 5.69 Å². The Morgan fingerprint density at radius 1 is 1.22 bits per heavy atom. The highest BCUT2D eigenvalue weighted by atomic mass is 16.3. The highest BCUT2D eigenvalue weighted by Gasteiger charge is 2.13. The van der Waals surface area contributed by atoms with Gasteiger partial charge in [0, 0.05) is 25.3 Å². The minimum Gasteiger partial charge on any atom is -0.399 e. The second kappa shape index (κ2) is 7.33. The van der Waals surface area contributed by atoms with E-state index >= 15 is 0 Å². The maximum atomic E-state index is 10.1. The maximum absolute atomic E-state index is 10.1. The fourth-order valence-corrected chi connectivity index (χ4v) is 1.79. The van der Waals surface area contributed by atoms with Gasteiger partial charge in [0.2, 0.25) is 0 Å². The average Bonchev–Trinajstić information content (AvgIpc) is 2.33. The van der Waals surface area contributed by atoms with Crippen LogP contribution in [0.3, 0.4) is 0 Å². The zero-order chi connectivity index (χ0) is 13.5. The lowest BCUT2D eigenvalue weighted by Crippen LogP contribution is -2.33. The largest absolute Gasteiger partial charge is 0.399 e. The molecule has 18 heavy (non-hydrogen) atoms. The Morgan fingerprint density at radius 2 is 1.83 bits per heavy atom. The molecule has 0 aliphatic carbocycles. The summed E-state index contributed by atoms with van der Waals surface area (Å²) in [6.45, 7) is 3.14. The van der Waals surface area contributed by atoms with Gasteiger partial charge < -0.3 is 21.1 Å². The molecule has 0 spiro atoms. The van der Waals surface area contributed by atoms with Gasteiger partial charge in [-0.25, -0.2) is 0 Å². The van der Waals surface area contributed by atoms with E-state index in [9.17, 15) is 5.11 Å². The van der Waals surface area contributed by atoms with Gasteiger partial charge in [-0.2, -0.15) is 0 Å². The minimum absolute atomic E-state index is 0.00273. The van der Waals surface area contributed by atoms with Crippen molar-refractivity contribution < 1.29 is 15.3 Å². The second-order valence-electron chi connectivity index (χ2n) is 4.38. The monoisotopic (exact) mass is 254 g/mol. The van der Waals surface area contributed by atoms with Crippen molar-refractivity contribution in [2.24, 2.45) is 0 Å². The molecule has 5 N–H and O–H groups in total. The molecular formula is C13H22N2O3. The van der Waals surface area contributed by atoms with Crippen LogP contribution in [0.25, 0.3) is 0 Å². The molecule has 102 valence electrons. The van der Waals surface area contributed by atoms with Crippen LogP contribution < -0.4 is 5.73 Å². The van der Waals surface area contributed by atoms with Gasteiger partial charge in [0.05, 0.1) is 19.3 Å². The summed E-state index contributed by atoms with van der Waals surface area (Å²) in [6, 6.07) is 5.47. The number of nitrogen functional groups attached to an aromatic ring is 1. The molecular weight excluding hydrogens is 232 g/mol. The van der Waals surface area contributed by atoms with E-state index in [1.807, 2.05) is 19.1 Å². The van der Waals surface area contributed by atoms with Crippen molar-refractivity contribution in [3.8, 4) is 0 Å². The third-order valence-electron chi connectivity index (χ3n) is 2.95. The van der Waals surface area contributed by atoms with Crippen LogP contribution in [-0.4, -0.2) is 53.1 Å². The number of hydrogen-bond acceptors (Lipinski definition) is 5. The number of nitrogens with zero attached hydrogens (tertiary/aromatic N) is 1. The van der Waals surface area contributed by atoms with E-state index < -0.39 is 6.10 Å². The van der Waals surface area contributed by atoms with E-state index in [4.69, 9.17) is 15.9 Å². The van der Waals surface area contributed by atoms with E-state index in [1.165, 1.54) is 0 Å². The third-order valence-corrected chi connectivity index (χ3v) is 2.95. The van der Waals surface area contributed by atoms with Crippen LogP contribution in [-0.2, 0) is 0 Å². The quantitative estimate of drug-likeness (QED) is 0.510. The van der Waals surface area contributed by atoms with Crippen LogP contribution in [0.15, 0.2) is 18.2 Å². The summed E-state index contributed by atoms with van der Waals surface area (Å²) in [6.07, 6.45) is -0.675. The van der Waals surface area contributed by atoms with Gasteiger partial charge in [0.25, 0.3) is 0 Å². The Bertz CT molecular complexity index is 365. The van der Waals surface area contributed by atoms with Crippen LogP contribution >= 0.6 is 0 Å². The smallest absolute Gasteiger partial charge is 0.0917 e. The van der Waals surface area contributed by atoms with Gasteiger partial charge in [-0.3, -0.25) is 4.90 Å². The second-order valence-corrected chi connectivity index (χ2v) is 4.38. The lowest BCUT2D eigenvalue weighted by Gasteiger charge is -2.23. The topological polar surface area (TPSA) is 90.0 Å². The first-order valence-corrected chi connectivity index (χ1v) is 6.06. The van der Waals surface area contributed by atoms with Crippen LogP contribution in [0.5, 0.6) is 0 Å². The number of nitrogens with two attached hydrogens (primary N) is 1. The van der Waals surface area contributed by atoms with E-state index in [-0.39, 0.29) is 13.2 Å². The highest BCUT2D eigenvalue weighted by molar-refractivity contribution is 5.48. The zero-order valence-electron chi connectivity index (χ0n) is 10.7. The molecule has 5 heteroatoms. The van der Waals surface area contributed by atoms with Crippen molar-refractivity contribution in [3.05, 3.63) is 29.3 Å². The molecule has 5 nitrogen and oxygen atoms in total. The Hall–Kier alpha value is -1.14. The number of aliphatic hydroxyl groups excluding tert-OH is 3. The number of rotatable bonds is 7. The number of benzene rings is 1. The molecule has 0 aliphatic heterocycles. The number of aliphatic hydroxyl groups is 3. The first kappa shape index (κ1) is 14.9. The van der Waals surface area contributed by atoms with Gasteiger partial charge in [-0.15, -0.1) is 0 Å². The Labute approximate surface area is 107 Å². The third kappa shape index (κ3) is 4.27. The lowest BCUT2D eigenvalue weighted by molar-refractivity contribution is 0.0875. The summed E-state index contributed by atoms with van der Waals surface area (Å²) in [7, 11) is 0. The summed E-state index contributed by atoms with van der Waals surface area (Å²) in [5.74, 6) is 0. The Kier molecular flexibility index (Phi) is 6.07. The predicted octanol–water partition coefficient (Wildman–Crippen LogP) is -0.103. The van der Waals surface area contributed by atoms with Crippen molar-refractivity contribution >= 4 is 5.69 Å². The van der Waals surface area contributed by atoms with Gasteiger partial charge in [0.1, 0.15) is 0 Å². The van der Waals surface area contributed by atoms with E-state index in [0.717, 1.165) is 11.1 Å². The van der Waals surface area contributed by atoms with Crippen molar-refractivity contribution in [2.75, 3.05) is 38.6 Å². The average molecular weight is 254 g/mol. The molecule has 1 unspecified atom stereocenters. The molecule has 0 aromatic heterocycles. The molecule has 0 aliphatic rings. The van der Waals surface area contributed by atoms with Crippen molar-refractivity contribution in [2.45, 2.75) is 13.0 Å². The molecule has 1 atom stereocenters. The number of anilines is 1. The summed E-state index contributed by atoms with van der Waals surface area (Å²) in [5, 5.41) is 27.9. The van der Waals surface area contributed by atoms with Crippen LogP contribution in [0.2, 0.25) is 0 Å². The molecule has 1 aromatic rings. The number of hydrogen-bond donors (Lipinski definition) is 4. The van der Waals surface area contributed by atoms with Gasteiger partial charge >= 0.3 is 0 Å². The van der Waals surface area contributed by atoms with Gasteiger partial charge in [-0.05, 0) is 24.1 Å². The standard InChI is InChI=1S/C13H22N2O3/c1-10-2-3-11(8-12(10)14)13(18)9-15(4-6-16)5-7-17/h2-3,8,13,16-18H,4-7,9,14H2,1H3. The minimum atomic E-state index is -0.675. The molecule has 1 aromatic carbocycles. The maximum Gasteiger partial charge on any atom is 0.0917 e. The Morgan fingerprint density at radius 3 is 2.33 bits per heavy atom. The SMILES string of the molecule is Cc1ccc(C(O)CN(CCO)CCO)cc1N. The molecule has 1 rings (SSSR count). The summed E-state index contributed by atoms with van der Waals surface area (Å²) in [5.41, 5.74) is 8.19. The van der Waals surface area contributed by atoms with Crippen molar-refractivity contribution in [3.63, 3.8) is 0 Å². The fourth-order valence-electron chi connectivity index (χ4n) is 1.79. The molecule has 0 fully saturated rings. The molecule has 0 bridgehead atoms. The molecule has 0 heterocycles. The van der Waals surface area contributed by atoms with Gasteiger partial charge in [-0.1, -0.05) is 12.1 Å². The van der Waals surface area contributed by atoms with E-state index in [0.29, 0.717) is 25.3 Å².